The highest BCUT2D eigenvalue weighted by molar-refractivity contribution is 5.79. The van der Waals surface area contributed by atoms with E-state index in [1.807, 2.05) is 0 Å². The molecule has 2 heterocycles. The largest absolute Gasteiger partial charge is 0.417 e. The summed E-state index contributed by atoms with van der Waals surface area (Å²) >= 11 is 0. The highest BCUT2D eigenvalue weighted by atomic mass is 19.3. The maximum atomic E-state index is 14.2. The van der Waals surface area contributed by atoms with Crippen LogP contribution in [0, 0.1) is 0 Å². The molecule has 0 amide bonds. The Kier molecular flexibility index (Phi) is 3.69. The molecule has 1 atom stereocenters. The fraction of sp³-hybridized carbons (Fsp3) is 0.357. The average Bonchev–Trinajstić information content (AvgIpc) is 2.90. The van der Waals surface area contributed by atoms with Gasteiger partial charge < -0.3 is 9.84 Å². The Morgan fingerprint density at radius 1 is 1.39 bits per heavy atom. The molecule has 0 aliphatic heterocycles. The van der Waals surface area contributed by atoms with Crippen molar-refractivity contribution in [3.8, 4) is 0 Å². The molecule has 2 aromatic rings. The summed E-state index contributed by atoms with van der Waals surface area (Å²) in [5.74, 6) is -1.28. The van der Waals surface area contributed by atoms with Crippen molar-refractivity contribution < 1.29 is 23.0 Å². The van der Waals surface area contributed by atoms with E-state index in [1.165, 1.54) is 18.5 Å². The normalized spacial score (nSPS) is 19.4. The Morgan fingerprint density at radius 2 is 2.13 bits per heavy atom. The first kappa shape index (κ1) is 15.6. The molecule has 9 heteroatoms. The second-order valence-corrected chi connectivity index (χ2v) is 5.15. The minimum Gasteiger partial charge on any atom is -0.389 e. The minimum atomic E-state index is -3.64. The van der Waals surface area contributed by atoms with Crippen LogP contribution in [-0.4, -0.2) is 37.9 Å². The Hall–Kier alpha value is -2.26. The van der Waals surface area contributed by atoms with E-state index in [2.05, 4.69) is 19.9 Å². The van der Waals surface area contributed by atoms with Crippen LogP contribution in [0.1, 0.15) is 24.9 Å². The van der Waals surface area contributed by atoms with E-state index in [1.54, 1.807) is 6.92 Å². The summed E-state index contributed by atoms with van der Waals surface area (Å²) in [4.78, 5) is 4.05. The van der Waals surface area contributed by atoms with Crippen LogP contribution in [0.2, 0.25) is 0 Å². The highest BCUT2D eigenvalue weighted by Gasteiger charge is 2.37. The van der Waals surface area contributed by atoms with Gasteiger partial charge in [0.25, 0.3) is 0 Å². The van der Waals surface area contributed by atoms with E-state index in [0.717, 1.165) is 11.5 Å². The van der Waals surface area contributed by atoms with Crippen LogP contribution in [0.3, 0.4) is 0 Å². The molecule has 1 aliphatic carbocycles. The summed E-state index contributed by atoms with van der Waals surface area (Å²) in [7, 11) is 0.848. The van der Waals surface area contributed by atoms with Crippen LogP contribution < -0.4 is 0 Å². The predicted molar refractivity (Wildman–Crippen MR) is 74.1 cm³/mol. The van der Waals surface area contributed by atoms with Gasteiger partial charge in [0, 0.05) is 25.3 Å². The molecule has 0 saturated carbocycles. The number of nitrogens with zero attached hydrogens (tertiary/aromatic N) is 4. The molecule has 1 aliphatic rings. The molecular formula is C14H13F3N4O2. The zero-order valence-electron chi connectivity index (χ0n) is 12.3. The van der Waals surface area contributed by atoms with Gasteiger partial charge in [-0.2, -0.15) is 8.78 Å². The van der Waals surface area contributed by atoms with Gasteiger partial charge in [0.05, 0.1) is 18.0 Å². The van der Waals surface area contributed by atoms with Gasteiger partial charge in [0.15, 0.2) is 5.65 Å². The van der Waals surface area contributed by atoms with Gasteiger partial charge in [-0.1, -0.05) is 6.08 Å². The summed E-state index contributed by atoms with van der Waals surface area (Å²) in [6.07, 6.45) is -0.807. The van der Waals surface area contributed by atoms with Crippen LogP contribution >= 0.6 is 0 Å². The van der Waals surface area contributed by atoms with Crippen molar-refractivity contribution in [2.45, 2.75) is 25.6 Å². The van der Waals surface area contributed by atoms with Crippen molar-refractivity contribution in [1.29, 1.82) is 0 Å². The first-order chi connectivity index (χ1) is 10.8. The molecule has 0 fully saturated rings. The van der Waals surface area contributed by atoms with E-state index in [4.69, 9.17) is 0 Å². The number of halogens is 3. The van der Waals surface area contributed by atoms with Gasteiger partial charge in [-0.05, 0) is 12.5 Å². The van der Waals surface area contributed by atoms with Crippen molar-refractivity contribution >= 4 is 11.2 Å². The standard InChI is InChI=1S/C14H13F3N4O2/c1-7-3-8(22)4-9(15)12(7)10-6-21-11(5-18-10)19-20-13(21)14(16,17)23-2/h3,5-6,8,22H,4H2,1-2H3. The van der Waals surface area contributed by atoms with Crippen molar-refractivity contribution in [2.75, 3.05) is 7.11 Å². The fourth-order valence-electron chi connectivity index (χ4n) is 2.49. The zero-order valence-corrected chi connectivity index (χ0v) is 12.3. The summed E-state index contributed by atoms with van der Waals surface area (Å²) in [6.45, 7) is 1.61. The number of ether oxygens (including phenoxy) is 1. The molecule has 3 rings (SSSR count). The van der Waals surface area contributed by atoms with Gasteiger partial charge >= 0.3 is 6.11 Å². The van der Waals surface area contributed by atoms with E-state index >= 15 is 0 Å². The predicted octanol–water partition coefficient (Wildman–Crippen LogP) is 2.21. The Morgan fingerprint density at radius 3 is 2.78 bits per heavy atom. The number of aliphatic hydroxyl groups is 1. The third-order valence-electron chi connectivity index (χ3n) is 3.56. The third-order valence-corrected chi connectivity index (χ3v) is 3.56. The van der Waals surface area contributed by atoms with Gasteiger partial charge in [0.2, 0.25) is 5.82 Å². The topological polar surface area (TPSA) is 72.5 Å². The number of fused-ring (bicyclic) bond motifs is 1. The lowest BCUT2D eigenvalue weighted by molar-refractivity contribution is -0.237. The molecule has 0 radical (unpaired) electrons. The number of methoxy groups -OCH3 is 1. The fourth-order valence-corrected chi connectivity index (χ4v) is 2.49. The zero-order chi connectivity index (χ0) is 16.8. The van der Waals surface area contributed by atoms with E-state index in [-0.39, 0.29) is 23.3 Å². The smallest absolute Gasteiger partial charge is 0.389 e. The first-order valence-electron chi connectivity index (χ1n) is 6.73. The van der Waals surface area contributed by atoms with Gasteiger partial charge in [0.1, 0.15) is 5.83 Å². The monoisotopic (exact) mass is 326 g/mol. The maximum absolute atomic E-state index is 14.2. The lowest BCUT2D eigenvalue weighted by Crippen LogP contribution is -2.20. The molecule has 6 nitrogen and oxygen atoms in total. The van der Waals surface area contributed by atoms with Crippen LogP contribution in [0.15, 0.2) is 29.9 Å². The number of rotatable bonds is 3. The number of hydrogen-bond donors (Lipinski definition) is 1. The lowest BCUT2D eigenvalue weighted by Gasteiger charge is -2.18. The Labute approximate surface area is 128 Å². The lowest BCUT2D eigenvalue weighted by atomic mass is 9.94. The summed E-state index contributed by atoms with van der Waals surface area (Å²) in [6, 6.07) is 0. The van der Waals surface area contributed by atoms with Gasteiger partial charge in [-0.3, -0.25) is 9.38 Å². The van der Waals surface area contributed by atoms with Crippen LogP contribution in [0.5, 0.6) is 0 Å². The number of alkyl halides is 2. The number of aliphatic hydroxyl groups excluding tert-OH is 1. The molecule has 2 aromatic heterocycles. The van der Waals surface area contributed by atoms with Crippen LogP contribution in [0.25, 0.3) is 11.2 Å². The second-order valence-electron chi connectivity index (χ2n) is 5.15. The number of hydrogen-bond acceptors (Lipinski definition) is 5. The van der Waals surface area contributed by atoms with Crippen molar-refractivity contribution in [3.05, 3.63) is 41.4 Å². The summed E-state index contributed by atoms with van der Waals surface area (Å²) < 4.78 is 46.8. The first-order valence-corrected chi connectivity index (χ1v) is 6.73. The van der Waals surface area contributed by atoms with Crippen LogP contribution in [-0.2, 0) is 10.8 Å². The molecule has 0 aromatic carbocycles. The van der Waals surface area contributed by atoms with Crippen molar-refractivity contribution in [1.82, 2.24) is 19.6 Å². The third kappa shape index (κ3) is 2.62. The summed E-state index contributed by atoms with van der Waals surface area (Å²) in [5, 5.41) is 16.5. The minimum absolute atomic E-state index is 0.0824. The van der Waals surface area contributed by atoms with Crippen LogP contribution in [0.4, 0.5) is 13.2 Å². The highest BCUT2D eigenvalue weighted by Crippen LogP contribution is 2.34. The molecule has 0 spiro atoms. The van der Waals surface area contributed by atoms with Crippen molar-refractivity contribution in [3.63, 3.8) is 0 Å². The quantitative estimate of drug-likeness (QED) is 0.936. The molecule has 23 heavy (non-hydrogen) atoms. The van der Waals surface area contributed by atoms with E-state index in [0.29, 0.717) is 5.57 Å². The average molecular weight is 326 g/mol. The van der Waals surface area contributed by atoms with Gasteiger partial charge in [-0.25, -0.2) is 4.39 Å². The van der Waals surface area contributed by atoms with E-state index < -0.39 is 23.9 Å². The molecular weight excluding hydrogens is 313 g/mol. The van der Waals surface area contributed by atoms with Gasteiger partial charge in [-0.15, -0.1) is 10.2 Å². The SMILES string of the molecule is COC(F)(F)c1nnc2cnc(C3=C(F)CC(O)C=C3C)cn12. The van der Waals surface area contributed by atoms with E-state index in [9.17, 15) is 18.3 Å². The number of aromatic nitrogens is 4. The molecule has 0 saturated heterocycles. The Balaban J connectivity index is 2.16. The van der Waals surface area contributed by atoms with Crippen molar-refractivity contribution in [2.24, 2.45) is 0 Å². The molecule has 1 N–H and O–H groups in total. The summed E-state index contributed by atoms with van der Waals surface area (Å²) in [5.41, 5.74) is 0.862. The maximum Gasteiger partial charge on any atom is 0.417 e. The molecule has 122 valence electrons. The molecule has 0 bridgehead atoms. The number of allylic oxidation sites excluding steroid dienone is 2. The Bertz CT molecular complexity index is 829. The second kappa shape index (κ2) is 5.43. The molecule has 1 unspecified atom stereocenters.